The number of aliphatic hydroxyl groups excluding tert-OH is 2. The van der Waals surface area contributed by atoms with Crippen LogP contribution in [0.4, 0.5) is 0 Å². The number of hydrogen-bond acceptors (Lipinski definition) is 3. The molecule has 0 unspecified atom stereocenters. The van der Waals surface area contributed by atoms with E-state index in [4.69, 9.17) is 0 Å². The molecule has 0 saturated heterocycles. The standard InChI is InChI=1S/C20H30O3/c1-5-18(2)10-13-14(22)9-16-19(3,12-21)7-6-8-20(16,4)17(13)15(23)11-18/h5,15-16,21,23H,1,6-12H2,2-4H3/t15-,16-,18-,19-,20-/m0/s1. The molecule has 0 heterocycles. The molecule has 0 spiro atoms. The largest absolute Gasteiger partial charge is 0.396 e. The zero-order valence-corrected chi connectivity index (χ0v) is 14.7. The summed E-state index contributed by atoms with van der Waals surface area (Å²) in [7, 11) is 0. The smallest absolute Gasteiger partial charge is 0.159 e. The van der Waals surface area contributed by atoms with Gasteiger partial charge in [-0.15, -0.1) is 6.58 Å². The van der Waals surface area contributed by atoms with E-state index in [-0.39, 0.29) is 34.6 Å². The van der Waals surface area contributed by atoms with Crippen molar-refractivity contribution in [2.75, 3.05) is 6.61 Å². The van der Waals surface area contributed by atoms with Gasteiger partial charge in [-0.3, -0.25) is 4.79 Å². The minimum absolute atomic E-state index is 0.115. The fourth-order valence-electron chi connectivity index (χ4n) is 5.71. The normalized spacial score (nSPS) is 47.1. The highest BCUT2D eigenvalue weighted by molar-refractivity contribution is 5.98. The lowest BCUT2D eigenvalue weighted by Gasteiger charge is -2.57. The van der Waals surface area contributed by atoms with Crippen LogP contribution in [-0.4, -0.2) is 28.7 Å². The molecule has 128 valence electrons. The van der Waals surface area contributed by atoms with Gasteiger partial charge in [0.25, 0.3) is 0 Å². The first-order chi connectivity index (χ1) is 10.7. The molecule has 3 aliphatic rings. The molecular formula is C20H30O3. The summed E-state index contributed by atoms with van der Waals surface area (Å²) in [4.78, 5) is 12.9. The van der Waals surface area contributed by atoms with Gasteiger partial charge in [0.05, 0.1) is 6.10 Å². The molecule has 0 aromatic carbocycles. The van der Waals surface area contributed by atoms with Crippen molar-refractivity contribution in [3.05, 3.63) is 23.8 Å². The van der Waals surface area contributed by atoms with Gasteiger partial charge in [-0.05, 0) is 59.0 Å². The van der Waals surface area contributed by atoms with Crippen LogP contribution in [0.2, 0.25) is 0 Å². The van der Waals surface area contributed by atoms with Crippen LogP contribution in [0, 0.1) is 22.2 Å². The maximum absolute atomic E-state index is 12.9. The molecule has 0 aromatic heterocycles. The summed E-state index contributed by atoms with van der Waals surface area (Å²) >= 11 is 0. The second-order valence-corrected chi connectivity index (χ2v) is 8.91. The third-order valence-corrected chi connectivity index (χ3v) is 7.15. The third kappa shape index (κ3) is 2.35. The molecule has 0 aliphatic heterocycles. The SMILES string of the molecule is C=C[C@@]1(C)CC2=C([C@@H](O)C1)[C@@]1(C)CCC[C@@](C)(CO)[C@@H]1CC2=O. The Labute approximate surface area is 139 Å². The zero-order valence-electron chi connectivity index (χ0n) is 14.7. The average molecular weight is 318 g/mol. The first-order valence-electron chi connectivity index (χ1n) is 8.88. The molecule has 5 atom stereocenters. The zero-order chi connectivity index (χ0) is 17.0. The van der Waals surface area contributed by atoms with E-state index in [1.807, 2.05) is 6.08 Å². The van der Waals surface area contributed by atoms with Crippen molar-refractivity contribution in [2.45, 2.75) is 65.4 Å². The highest BCUT2D eigenvalue weighted by Gasteiger charge is 2.57. The Bertz CT molecular complexity index is 577. The molecule has 1 saturated carbocycles. The number of allylic oxidation sites excluding steroid dienone is 2. The summed E-state index contributed by atoms with van der Waals surface area (Å²) in [6, 6.07) is 0. The average Bonchev–Trinajstić information content (AvgIpc) is 2.49. The minimum atomic E-state index is -0.570. The lowest BCUT2D eigenvalue weighted by molar-refractivity contribution is -0.126. The van der Waals surface area contributed by atoms with Crippen LogP contribution >= 0.6 is 0 Å². The van der Waals surface area contributed by atoms with Crippen molar-refractivity contribution in [3.63, 3.8) is 0 Å². The Morgan fingerprint density at radius 3 is 2.61 bits per heavy atom. The molecule has 2 N–H and O–H groups in total. The maximum atomic E-state index is 12.9. The van der Waals surface area contributed by atoms with Gasteiger partial charge in [0, 0.05) is 13.0 Å². The van der Waals surface area contributed by atoms with Gasteiger partial charge < -0.3 is 10.2 Å². The van der Waals surface area contributed by atoms with Crippen LogP contribution in [0.25, 0.3) is 0 Å². The number of Topliss-reactive ketones (excluding diaryl/α,β-unsaturated/α-hetero) is 1. The highest BCUT2D eigenvalue weighted by atomic mass is 16.3. The number of aliphatic hydroxyl groups is 2. The lowest BCUT2D eigenvalue weighted by Crippen LogP contribution is -2.54. The van der Waals surface area contributed by atoms with E-state index >= 15 is 0 Å². The van der Waals surface area contributed by atoms with E-state index in [0.29, 0.717) is 19.3 Å². The number of carbonyl (C=O) groups is 1. The molecule has 3 heteroatoms. The molecule has 0 radical (unpaired) electrons. The summed E-state index contributed by atoms with van der Waals surface area (Å²) in [5.41, 5.74) is 1.25. The van der Waals surface area contributed by atoms with Gasteiger partial charge >= 0.3 is 0 Å². The highest BCUT2D eigenvalue weighted by Crippen LogP contribution is 2.62. The Balaban J connectivity index is 2.12. The van der Waals surface area contributed by atoms with Gasteiger partial charge in [0.15, 0.2) is 5.78 Å². The Hall–Kier alpha value is -0.930. The molecule has 23 heavy (non-hydrogen) atoms. The Kier molecular flexibility index (Phi) is 3.89. The number of fused-ring (bicyclic) bond motifs is 2. The van der Waals surface area contributed by atoms with Crippen LogP contribution in [-0.2, 0) is 4.79 Å². The van der Waals surface area contributed by atoms with Crippen molar-refractivity contribution < 1.29 is 15.0 Å². The molecule has 0 aromatic rings. The van der Waals surface area contributed by atoms with E-state index in [2.05, 4.69) is 27.4 Å². The first-order valence-corrected chi connectivity index (χ1v) is 8.88. The van der Waals surface area contributed by atoms with Crippen LogP contribution in [0.15, 0.2) is 23.8 Å². The lowest BCUT2D eigenvalue weighted by atomic mass is 9.47. The Morgan fingerprint density at radius 2 is 2.00 bits per heavy atom. The molecule has 1 fully saturated rings. The van der Waals surface area contributed by atoms with Crippen LogP contribution in [0.1, 0.15) is 59.3 Å². The topological polar surface area (TPSA) is 57.5 Å². The molecule has 0 amide bonds. The van der Waals surface area contributed by atoms with Crippen molar-refractivity contribution in [1.82, 2.24) is 0 Å². The minimum Gasteiger partial charge on any atom is -0.396 e. The molecule has 3 rings (SSSR count). The molecule has 3 aliphatic carbocycles. The summed E-state index contributed by atoms with van der Waals surface area (Å²) in [6.07, 6.45) is 6.16. The van der Waals surface area contributed by atoms with Crippen LogP contribution in [0.5, 0.6) is 0 Å². The number of ketones is 1. The fraction of sp³-hybridized carbons (Fsp3) is 0.750. The van der Waals surface area contributed by atoms with E-state index in [1.54, 1.807) is 0 Å². The number of hydrogen-bond donors (Lipinski definition) is 2. The van der Waals surface area contributed by atoms with Crippen molar-refractivity contribution in [1.29, 1.82) is 0 Å². The summed E-state index contributed by atoms with van der Waals surface area (Å²) in [6.45, 7) is 10.4. The van der Waals surface area contributed by atoms with Crippen LogP contribution < -0.4 is 0 Å². The van der Waals surface area contributed by atoms with Gasteiger partial charge in [-0.1, -0.05) is 33.3 Å². The van der Waals surface area contributed by atoms with E-state index in [1.165, 1.54) is 0 Å². The van der Waals surface area contributed by atoms with Gasteiger partial charge in [0.1, 0.15) is 0 Å². The predicted octanol–water partition coefficient (Wildman–Crippen LogP) is 3.41. The second-order valence-electron chi connectivity index (χ2n) is 8.91. The van der Waals surface area contributed by atoms with Crippen molar-refractivity contribution in [3.8, 4) is 0 Å². The second kappa shape index (κ2) is 5.29. The first kappa shape index (κ1) is 16.9. The summed E-state index contributed by atoms with van der Waals surface area (Å²) in [5.74, 6) is 0.304. The van der Waals surface area contributed by atoms with E-state index < -0.39 is 6.10 Å². The predicted molar refractivity (Wildman–Crippen MR) is 90.8 cm³/mol. The number of rotatable bonds is 2. The van der Waals surface area contributed by atoms with Crippen molar-refractivity contribution >= 4 is 5.78 Å². The molecule has 3 nitrogen and oxygen atoms in total. The van der Waals surface area contributed by atoms with Gasteiger partial charge in [-0.25, -0.2) is 0 Å². The quantitative estimate of drug-likeness (QED) is 0.767. The number of carbonyl (C=O) groups excluding carboxylic acids is 1. The van der Waals surface area contributed by atoms with Crippen LogP contribution in [0.3, 0.4) is 0 Å². The fourth-order valence-corrected chi connectivity index (χ4v) is 5.71. The van der Waals surface area contributed by atoms with Gasteiger partial charge in [-0.2, -0.15) is 0 Å². The Morgan fingerprint density at radius 1 is 1.30 bits per heavy atom. The van der Waals surface area contributed by atoms with Crippen molar-refractivity contribution in [2.24, 2.45) is 22.2 Å². The summed E-state index contributed by atoms with van der Waals surface area (Å²) < 4.78 is 0. The maximum Gasteiger partial charge on any atom is 0.159 e. The van der Waals surface area contributed by atoms with E-state index in [9.17, 15) is 15.0 Å². The summed E-state index contributed by atoms with van der Waals surface area (Å²) in [5, 5.41) is 20.9. The molecule has 0 bridgehead atoms. The van der Waals surface area contributed by atoms with Gasteiger partial charge in [0.2, 0.25) is 0 Å². The monoisotopic (exact) mass is 318 g/mol. The molecular weight excluding hydrogens is 288 g/mol. The van der Waals surface area contributed by atoms with E-state index in [0.717, 1.165) is 30.4 Å². The third-order valence-electron chi connectivity index (χ3n) is 7.15.